The average molecular weight is 353 g/mol. The molecule has 0 atom stereocenters. The van der Waals surface area contributed by atoms with Crippen LogP contribution in [-0.2, 0) is 0 Å². The molecule has 0 amide bonds. The summed E-state index contributed by atoms with van der Waals surface area (Å²) in [5.41, 5.74) is -0.619. The first-order valence-corrected chi connectivity index (χ1v) is 6.40. The minimum Gasteiger partial charge on any atom is -0.478 e. The van der Waals surface area contributed by atoms with Gasteiger partial charge in [-0.1, -0.05) is 15.9 Å². The third kappa shape index (κ3) is 3.17. The second kappa shape index (κ2) is 5.89. The molecule has 0 aliphatic carbocycles. The van der Waals surface area contributed by atoms with E-state index >= 15 is 0 Å². The van der Waals surface area contributed by atoms with Crippen molar-refractivity contribution in [2.24, 2.45) is 0 Å². The third-order valence-electron chi connectivity index (χ3n) is 2.65. The number of hydrogen-bond donors (Lipinski definition) is 2. The number of anilines is 2. The Morgan fingerprint density at radius 1 is 1.24 bits per heavy atom. The van der Waals surface area contributed by atoms with Gasteiger partial charge in [0.25, 0.3) is 0 Å². The third-order valence-corrected chi connectivity index (χ3v) is 3.14. The highest BCUT2D eigenvalue weighted by Crippen LogP contribution is 2.28. The first kappa shape index (κ1) is 14.9. The van der Waals surface area contributed by atoms with Gasteiger partial charge in [-0.05, 0) is 30.3 Å². The Morgan fingerprint density at radius 3 is 2.38 bits per heavy atom. The van der Waals surface area contributed by atoms with E-state index in [0.717, 1.165) is 0 Å². The van der Waals surface area contributed by atoms with Crippen LogP contribution in [0.3, 0.4) is 0 Å². The minimum atomic E-state index is -1.43. The first-order valence-electron chi connectivity index (χ1n) is 5.61. The molecule has 2 aromatic carbocycles. The van der Waals surface area contributed by atoms with Gasteiger partial charge in [-0.25, -0.2) is 13.6 Å². The van der Waals surface area contributed by atoms with Gasteiger partial charge in [-0.2, -0.15) is 5.26 Å². The molecule has 0 spiro atoms. The molecular formula is C14H7BrF2N2O2. The molecule has 0 aliphatic heterocycles. The lowest BCUT2D eigenvalue weighted by molar-refractivity contribution is 0.0696. The van der Waals surface area contributed by atoms with Crippen LogP contribution in [0.4, 0.5) is 20.2 Å². The zero-order chi connectivity index (χ0) is 15.6. The van der Waals surface area contributed by atoms with E-state index in [4.69, 9.17) is 10.4 Å². The van der Waals surface area contributed by atoms with Crippen molar-refractivity contribution in [1.29, 1.82) is 5.26 Å². The summed E-state index contributed by atoms with van der Waals surface area (Å²) >= 11 is 3.19. The maximum absolute atomic E-state index is 13.8. The second-order valence-corrected chi connectivity index (χ2v) is 4.96. The molecule has 0 heterocycles. The number of carbonyl (C=O) groups is 1. The fourth-order valence-corrected chi connectivity index (χ4v) is 2.03. The zero-order valence-electron chi connectivity index (χ0n) is 10.3. The number of halogens is 3. The van der Waals surface area contributed by atoms with Crippen LogP contribution < -0.4 is 5.32 Å². The molecule has 2 aromatic rings. The lowest BCUT2D eigenvalue weighted by Crippen LogP contribution is -2.04. The van der Waals surface area contributed by atoms with Crippen LogP contribution in [0, 0.1) is 23.0 Å². The Labute approximate surface area is 126 Å². The van der Waals surface area contributed by atoms with Crippen molar-refractivity contribution < 1.29 is 18.7 Å². The minimum absolute atomic E-state index is 0.194. The molecule has 21 heavy (non-hydrogen) atoms. The molecule has 106 valence electrons. The van der Waals surface area contributed by atoms with Crippen molar-refractivity contribution in [3.05, 3.63) is 57.6 Å². The molecule has 2 rings (SSSR count). The maximum atomic E-state index is 13.8. The highest BCUT2D eigenvalue weighted by atomic mass is 79.9. The first-order chi connectivity index (χ1) is 9.92. The van der Waals surface area contributed by atoms with Crippen LogP contribution >= 0.6 is 15.9 Å². The van der Waals surface area contributed by atoms with Gasteiger partial charge in [-0.3, -0.25) is 0 Å². The normalized spacial score (nSPS) is 10.0. The van der Waals surface area contributed by atoms with Crippen LogP contribution in [-0.4, -0.2) is 11.1 Å². The fraction of sp³-hybridized carbons (Fsp3) is 0. The topological polar surface area (TPSA) is 73.1 Å². The molecular weight excluding hydrogens is 346 g/mol. The molecule has 7 heteroatoms. The van der Waals surface area contributed by atoms with Crippen molar-refractivity contribution >= 4 is 33.3 Å². The number of nitrogens with zero attached hydrogens (tertiary/aromatic N) is 1. The monoisotopic (exact) mass is 352 g/mol. The SMILES string of the molecule is N#Cc1ccc(Br)cc1Nc1c(F)cc(C(=O)O)cc1F. The maximum Gasteiger partial charge on any atom is 0.335 e. The molecule has 0 saturated heterocycles. The van der Waals surface area contributed by atoms with E-state index in [1.54, 1.807) is 6.07 Å². The summed E-state index contributed by atoms with van der Waals surface area (Å²) in [5.74, 6) is -3.55. The van der Waals surface area contributed by atoms with E-state index in [0.29, 0.717) is 16.6 Å². The van der Waals surface area contributed by atoms with Crippen LogP contribution in [0.5, 0.6) is 0 Å². The van der Waals surface area contributed by atoms with Crippen LogP contribution in [0.25, 0.3) is 0 Å². The molecule has 2 N–H and O–H groups in total. The van der Waals surface area contributed by atoms with E-state index < -0.39 is 28.9 Å². The van der Waals surface area contributed by atoms with Crippen molar-refractivity contribution in [3.63, 3.8) is 0 Å². The highest BCUT2D eigenvalue weighted by molar-refractivity contribution is 9.10. The van der Waals surface area contributed by atoms with E-state index in [2.05, 4.69) is 21.2 Å². The Hall–Kier alpha value is -2.46. The van der Waals surface area contributed by atoms with E-state index in [1.807, 2.05) is 6.07 Å². The predicted octanol–water partition coefficient (Wildman–Crippen LogP) is 4.04. The average Bonchev–Trinajstić information content (AvgIpc) is 2.42. The summed E-state index contributed by atoms with van der Waals surface area (Å²) in [7, 11) is 0. The van der Waals surface area contributed by atoms with Gasteiger partial charge < -0.3 is 10.4 Å². The van der Waals surface area contributed by atoms with Crippen molar-refractivity contribution in [3.8, 4) is 6.07 Å². The van der Waals surface area contributed by atoms with E-state index in [1.165, 1.54) is 12.1 Å². The summed E-state index contributed by atoms with van der Waals surface area (Å²) in [6.07, 6.45) is 0. The Bertz CT molecular complexity index is 749. The summed E-state index contributed by atoms with van der Waals surface area (Å²) in [4.78, 5) is 10.7. The molecule has 4 nitrogen and oxygen atoms in total. The summed E-state index contributed by atoms with van der Waals surface area (Å²) in [6.45, 7) is 0. The van der Waals surface area contributed by atoms with Crippen molar-refractivity contribution in [2.75, 3.05) is 5.32 Å². The molecule has 0 saturated carbocycles. The smallest absolute Gasteiger partial charge is 0.335 e. The second-order valence-electron chi connectivity index (χ2n) is 4.05. The number of nitrogens with one attached hydrogen (secondary N) is 1. The van der Waals surface area contributed by atoms with E-state index in [9.17, 15) is 13.6 Å². The fourth-order valence-electron chi connectivity index (χ4n) is 1.67. The summed E-state index contributed by atoms with van der Waals surface area (Å²) in [6, 6.07) is 7.89. The number of rotatable bonds is 3. The molecule has 0 aliphatic rings. The van der Waals surface area contributed by atoms with Gasteiger partial charge in [0, 0.05) is 4.47 Å². The van der Waals surface area contributed by atoms with Gasteiger partial charge in [0.2, 0.25) is 0 Å². The van der Waals surface area contributed by atoms with Gasteiger partial charge in [-0.15, -0.1) is 0 Å². The van der Waals surface area contributed by atoms with Gasteiger partial charge in [0.05, 0.1) is 16.8 Å². The Kier molecular flexibility index (Phi) is 4.19. The molecule has 0 unspecified atom stereocenters. The summed E-state index contributed by atoms with van der Waals surface area (Å²) < 4.78 is 28.3. The van der Waals surface area contributed by atoms with Crippen LogP contribution in [0.15, 0.2) is 34.8 Å². The summed E-state index contributed by atoms with van der Waals surface area (Å²) in [5, 5.41) is 20.2. The molecule has 0 aromatic heterocycles. The highest BCUT2D eigenvalue weighted by Gasteiger charge is 2.16. The lowest BCUT2D eigenvalue weighted by Gasteiger charge is -2.11. The van der Waals surface area contributed by atoms with Gasteiger partial charge in [0.15, 0.2) is 11.6 Å². The van der Waals surface area contributed by atoms with Crippen LogP contribution in [0.1, 0.15) is 15.9 Å². The zero-order valence-corrected chi connectivity index (χ0v) is 11.9. The van der Waals surface area contributed by atoms with Gasteiger partial charge in [0.1, 0.15) is 11.8 Å². The van der Waals surface area contributed by atoms with Crippen molar-refractivity contribution in [2.45, 2.75) is 0 Å². The quantitative estimate of drug-likeness (QED) is 0.874. The molecule has 0 fully saturated rings. The van der Waals surface area contributed by atoms with Crippen LogP contribution in [0.2, 0.25) is 0 Å². The van der Waals surface area contributed by atoms with Crippen molar-refractivity contribution in [1.82, 2.24) is 0 Å². The number of carboxylic acid groups (broad SMARTS) is 1. The number of nitriles is 1. The number of hydrogen-bond acceptors (Lipinski definition) is 3. The number of benzene rings is 2. The number of aromatic carboxylic acids is 1. The molecule has 0 radical (unpaired) electrons. The van der Waals surface area contributed by atoms with E-state index in [-0.39, 0.29) is 11.3 Å². The number of carboxylic acids is 1. The largest absolute Gasteiger partial charge is 0.478 e. The lowest BCUT2D eigenvalue weighted by atomic mass is 10.1. The molecule has 0 bridgehead atoms. The van der Waals surface area contributed by atoms with Gasteiger partial charge >= 0.3 is 5.97 Å². The standard InChI is InChI=1S/C14H7BrF2N2O2/c15-9-2-1-7(6-18)12(5-9)19-13-10(16)3-8(14(20)21)4-11(13)17/h1-5,19H,(H,20,21). The Morgan fingerprint density at radius 2 is 1.86 bits per heavy atom. The Balaban J connectivity index is 2.48. The predicted molar refractivity (Wildman–Crippen MR) is 75.5 cm³/mol.